The summed E-state index contributed by atoms with van der Waals surface area (Å²) in [5.41, 5.74) is 0. The Kier molecular flexibility index (Phi) is 6.84. The van der Waals surface area contributed by atoms with Gasteiger partial charge in [-0.3, -0.25) is 4.79 Å². The summed E-state index contributed by atoms with van der Waals surface area (Å²) in [4.78, 5) is 34.9. The predicted octanol–water partition coefficient (Wildman–Crippen LogP) is -1.01. The highest BCUT2D eigenvalue weighted by Gasteiger charge is 2.26. The lowest BCUT2D eigenvalue weighted by molar-refractivity contribution is -0.141. The molecule has 0 heterocycles. The number of carboxylic acid groups (broad SMARTS) is 1. The van der Waals surface area contributed by atoms with Crippen molar-refractivity contribution in [3.05, 3.63) is 0 Å². The van der Waals surface area contributed by atoms with Crippen LogP contribution in [0.4, 0.5) is 4.79 Å². The number of carbonyl (C=O) groups excluding carboxylic acids is 2. The molecule has 0 aromatic carbocycles. The Morgan fingerprint density at radius 1 is 1.16 bits per heavy atom. The molecule has 8 nitrogen and oxygen atoms in total. The van der Waals surface area contributed by atoms with Gasteiger partial charge in [-0.05, 0) is 20.8 Å². The van der Waals surface area contributed by atoms with Crippen LogP contribution in [-0.4, -0.2) is 64.8 Å². The Labute approximate surface area is 111 Å². The third-order valence-corrected chi connectivity index (χ3v) is 2.20. The quantitative estimate of drug-likeness (QED) is 0.495. The molecule has 110 valence electrons. The van der Waals surface area contributed by atoms with Gasteiger partial charge < -0.3 is 25.7 Å². The van der Waals surface area contributed by atoms with Crippen molar-refractivity contribution in [2.75, 3.05) is 13.6 Å². The van der Waals surface area contributed by atoms with Crippen LogP contribution >= 0.6 is 0 Å². The Balaban J connectivity index is 4.41. The van der Waals surface area contributed by atoms with Crippen molar-refractivity contribution >= 4 is 17.9 Å². The van der Waals surface area contributed by atoms with Crippen LogP contribution in [0, 0.1) is 0 Å². The molecule has 0 bridgehead atoms. The largest absolute Gasteiger partial charge is 0.480 e. The lowest BCUT2D eigenvalue weighted by Gasteiger charge is -2.22. The van der Waals surface area contributed by atoms with Gasteiger partial charge in [0.15, 0.2) is 6.04 Å². The summed E-state index contributed by atoms with van der Waals surface area (Å²) in [5.74, 6) is -1.69. The van der Waals surface area contributed by atoms with Gasteiger partial charge in [0.1, 0.15) is 6.54 Å². The third kappa shape index (κ3) is 6.61. The number of hydrogen-bond acceptors (Lipinski definition) is 4. The SMILES string of the molecule is CC(C)NC(=O)CN(C)C(=O)NC(C(=O)O)C(C)O. The van der Waals surface area contributed by atoms with Gasteiger partial charge >= 0.3 is 12.0 Å². The first-order chi connectivity index (χ1) is 8.65. The molecule has 0 saturated carbocycles. The summed E-state index contributed by atoms with van der Waals surface area (Å²) < 4.78 is 0. The van der Waals surface area contributed by atoms with Gasteiger partial charge in [-0.1, -0.05) is 0 Å². The van der Waals surface area contributed by atoms with Gasteiger partial charge in [0.05, 0.1) is 6.10 Å². The number of nitrogens with one attached hydrogen (secondary N) is 2. The molecular formula is C11H21N3O5. The zero-order valence-electron chi connectivity index (χ0n) is 11.5. The molecule has 19 heavy (non-hydrogen) atoms. The minimum absolute atomic E-state index is 0.0480. The molecule has 2 unspecified atom stereocenters. The van der Waals surface area contributed by atoms with E-state index in [1.165, 1.54) is 14.0 Å². The van der Waals surface area contributed by atoms with Crippen LogP contribution in [0.25, 0.3) is 0 Å². The van der Waals surface area contributed by atoms with Gasteiger partial charge in [-0.15, -0.1) is 0 Å². The lowest BCUT2D eigenvalue weighted by atomic mass is 10.2. The second kappa shape index (κ2) is 7.57. The van der Waals surface area contributed by atoms with Gasteiger partial charge in [-0.25, -0.2) is 9.59 Å². The second-order valence-corrected chi connectivity index (χ2v) is 4.58. The molecule has 0 aromatic heterocycles. The molecule has 2 atom stereocenters. The maximum Gasteiger partial charge on any atom is 0.328 e. The van der Waals surface area contributed by atoms with E-state index in [-0.39, 0.29) is 18.5 Å². The van der Waals surface area contributed by atoms with E-state index in [0.29, 0.717) is 0 Å². The zero-order chi connectivity index (χ0) is 15.2. The normalized spacial score (nSPS) is 13.6. The monoisotopic (exact) mass is 275 g/mol. The highest BCUT2D eigenvalue weighted by molar-refractivity contribution is 5.86. The first-order valence-corrected chi connectivity index (χ1v) is 5.87. The number of carbonyl (C=O) groups is 3. The van der Waals surface area contributed by atoms with Crippen LogP contribution in [-0.2, 0) is 9.59 Å². The molecule has 4 N–H and O–H groups in total. The molecule has 0 aliphatic heterocycles. The fourth-order valence-electron chi connectivity index (χ4n) is 1.29. The number of aliphatic hydroxyl groups excluding tert-OH is 1. The van der Waals surface area contributed by atoms with E-state index >= 15 is 0 Å². The average Bonchev–Trinajstić information content (AvgIpc) is 2.22. The van der Waals surface area contributed by atoms with Crippen LogP contribution in [0.15, 0.2) is 0 Å². The minimum Gasteiger partial charge on any atom is -0.480 e. The molecule has 0 radical (unpaired) electrons. The minimum atomic E-state index is -1.41. The number of aliphatic carboxylic acids is 1. The van der Waals surface area contributed by atoms with Crippen molar-refractivity contribution in [3.63, 3.8) is 0 Å². The zero-order valence-corrected chi connectivity index (χ0v) is 11.5. The summed E-state index contributed by atoms with van der Waals surface area (Å²) in [6.07, 6.45) is -1.24. The average molecular weight is 275 g/mol. The Morgan fingerprint density at radius 3 is 2.05 bits per heavy atom. The molecule has 0 spiro atoms. The van der Waals surface area contributed by atoms with Gasteiger partial charge in [-0.2, -0.15) is 0 Å². The van der Waals surface area contributed by atoms with Crippen molar-refractivity contribution in [1.82, 2.24) is 15.5 Å². The number of urea groups is 1. The van der Waals surface area contributed by atoms with Crippen molar-refractivity contribution in [1.29, 1.82) is 0 Å². The van der Waals surface area contributed by atoms with Crippen molar-refractivity contribution in [2.24, 2.45) is 0 Å². The number of rotatable bonds is 6. The maximum atomic E-state index is 11.6. The smallest absolute Gasteiger partial charge is 0.328 e. The number of nitrogens with zero attached hydrogens (tertiary/aromatic N) is 1. The van der Waals surface area contributed by atoms with Crippen molar-refractivity contribution < 1.29 is 24.6 Å². The second-order valence-electron chi connectivity index (χ2n) is 4.58. The van der Waals surface area contributed by atoms with E-state index in [9.17, 15) is 19.5 Å². The van der Waals surface area contributed by atoms with E-state index < -0.39 is 24.1 Å². The summed E-state index contributed by atoms with van der Waals surface area (Å²) in [6.45, 7) is 4.62. The summed E-state index contributed by atoms with van der Waals surface area (Å²) in [7, 11) is 1.36. The van der Waals surface area contributed by atoms with Gasteiger partial charge in [0.25, 0.3) is 0 Å². The lowest BCUT2D eigenvalue weighted by Crippen LogP contribution is -2.53. The third-order valence-electron chi connectivity index (χ3n) is 2.20. The molecule has 3 amide bonds. The van der Waals surface area contributed by atoms with E-state index in [4.69, 9.17) is 5.11 Å². The van der Waals surface area contributed by atoms with Crippen LogP contribution in [0.1, 0.15) is 20.8 Å². The van der Waals surface area contributed by atoms with E-state index in [2.05, 4.69) is 10.6 Å². The van der Waals surface area contributed by atoms with E-state index in [0.717, 1.165) is 4.90 Å². The Bertz CT molecular complexity index is 343. The van der Waals surface area contributed by atoms with E-state index in [1.54, 1.807) is 13.8 Å². The first-order valence-electron chi connectivity index (χ1n) is 5.87. The molecule has 0 saturated heterocycles. The fraction of sp³-hybridized carbons (Fsp3) is 0.727. The van der Waals surface area contributed by atoms with Gasteiger partial charge in [0.2, 0.25) is 5.91 Å². The Hall–Kier alpha value is -1.83. The molecule has 0 rings (SSSR count). The summed E-state index contributed by atoms with van der Waals surface area (Å²) in [5, 5.41) is 22.8. The number of likely N-dealkylation sites (N-methyl/N-ethyl adjacent to an activating group) is 1. The number of carboxylic acids is 1. The topological polar surface area (TPSA) is 119 Å². The number of amides is 3. The molecule has 0 aliphatic carbocycles. The number of hydrogen-bond donors (Lipinski definition) is 4. The molecule has 0 fully saturated rings. The highest BCUT2D eigenvalue weighted by Crippen LogP contribution is 1.95. The number of aliphatic hydroxyl groups is 1. The molecule has 8 heteroatoms. The van der Waals surface area contributed by atoms with Crippen LogP contribution in [0.5, 0.6) is 0 Å². The standard InChI is InChI=1S/C11H21N3O5/c1-6(2)12-8(16)5-14(4)11(19)13-9(7(3)15)10(17)18/h6-7,9,15H,5H2,1-4H3,(H,12,16)(H,13,19)(H,17,18). The van der Waals surface area contributed by atoms with E-state index in [1.807, 2.05) is 0 Å². The van der Waals surface area contributed by atoms with Gasteiger partial charge in [0, 0.05) is 13.1 Å². The summed E-state index contributed by atoms with van der Waals surface area (Å²) in [6, 6.07) is -2.21. The van der Waals surface area contributed by atoms with Crippen LogP contribution < -0.4 is 10.6 Å². The Morgan fingerprint density at radius 2 is 1.68 bits per heavy atom. The predicted molar refractivity (Wildman–Crippen MR) is 67.5 cm³/mol. The van der Waals surface area contributed by atoms with Crippen molar-refractivity contribution in [3.8, 4) is 0 Å². The highest BCUT2D eigenvalue weighted by atomic mass is 16.4. The van der Waals surface area contributed by atoms with Crippen LogP contribution in [0.2, 0.25) is 0 Å². The first kappa shape index (κ1) is 17.2. The summed E-state index contributed by atoms with van der Waals surface area (Å²) >= 11 is 0. The maximum absolute atomic E-state index is 11.6. The van der Waals surface area contributed by atoms with Crippen molar-refractivity contribution in [2.45, 2.75) is 39.0 Å². The van der Waals surface area contributed by atoms with Crippen LogP contribution in [0.3, 0.4) is 0 Å². The molecule has 0 aliphatic rings. The molecule has 0 aromatic rings. The fourth-order valence-corrected chi connectivity index (χ4v) is 1.29. The molecular weight excluding hydrogens is 254 g/mol.